The van der Waals surface area contributed by atoms with Crippen molar-refractivity contribution < 1.29 is 9.53 Å². The number of aryl methyl sites for hydroxylation is 1. The van der Waals surface area contributed by atoms with Crippen LogP contribution in [0.15, 0.2) is 24.3 Å². The molecular formula is C17H28ClN3O2. The zero-order valence-corrected chi connectivity index (χ0v) is 14.8. The zero-order chi connectivity index (χ0) is 15.9. The van der Waals surface area contributed by atoms with Crippen molar-refractivity contribution in [2.24, 2.45) is 5.73 Å². The number of likely N-dealkylation sites (tertiary alicyclic amines) is 1. The molecule has 0 aliphatic carbocycles. The minimum absolute atomic E-state index is 0. The van der Waals surface area contributed by atoms with Crippen molar-refractivity contribution in [3.8, 4) is 0 Å². The summed E-state index contributed by atoms with van der Waals surface area (Å²) in [6.45, 7) is 4.45. The normalized spacial score (nSPS) is 21.5. The molecule has 1 aliphatic rings. The molecule has 2 unspecified atom stereocenters. The fourth-order valence-electron chi connectivity index (χ4n) is 2.88. The molecule has 3 N–H and O–H groups in total. The number of rotatable bonds is 6. The van der Waals surface area contributed by atoms with Gasteiger partial charge in [-0.3, -0.25) is 9.69 Å². The van der Waals surface area contributed by atoms with Gasteiger partial charge >= 0.3 is 0 Å². The van der Waals surface area contributed by atoms with Crippen LogP contribution in [0.25, 0.3) is 0 Å². The number of amides is 1. The first-order valence-corrected chi connectivity index (χ1v) is 7.91. The fourth-order valence-corrected chi connectivity index (χ4v) is 2.88. The van der Waals surface area contributed by atoms with Crippen molar-refractivity contribution in [1.82, 2.24) is 10.2 Å². The average Bonchev–Trinajstić information content (AvgIpc) is 2.54. The van der Waals surface area contributed by atoms with E-state index in [-0.39, 0.29) is 30.5 Å². The summed E-state index contributed by atoms with van der Waals surface area (Å²) in [5.74, 6) is 0.0508. The highest BCUT2D eigenvalue weighted by Gasteiger charge is 2.28. The topological polar surface area (TPSA) is 67.6 Å². The van der Waals surface area contributed by atoms with Gasteiger partial charge in [-0.2, -0.15) is 0 Å². The van der Waals surface area contributed by atoms with Gasteiger partial charge in [-0.05, 0) is 25.3 Å². The highest BCUT2D eigenvalue weighted by Crippen LogP contribution is 2.18. The third-order valence-corrected chi connectivity index (χ3v) is 4.35. The summed E-state index contributed by atoms with van der Waals surface area (Å²) < 4.78 is 5.41. The molecule has 23 heavy (non-hydrogen) atoms. The van der Waals surface area contributed by atoms with Crippen LogP contribution in [-0.2, 0) is 16.1 Å². The quantitative estimate of drug-likeness (QED) is 0.822. The first-order valence-electron chi connectivity index (χ1n) is 7.91. The lowest BCUT2D eigenvalue weighted by atomic mass is 9.99. The number of hydrogen-bond donors (Lipinski definition) is 2. The number of nitrogens with two attached hydrogens (primary N) is 1. The molecule has 2 rings (SSSR count). The molecule has 6 heteroatoms. The lowest BCUT2D eigenvalue weighted by Gasteiger charge is -2.37. The summed E-state index contributed by atoms with van der Waals surface area (Å²) in [7, 11) is 1.74. The van der Waals surface area contributed by atoms with Crippen LogP contribution in [0.2, 0.25) is 0 Å². The molecular weight excluding hydrogens is 314 g/mol. The molecule has 1 saturated heterocycles. The Bertz CT molecular complexity index is 481. The first-order chi connectivity index (χ1) is 10.6. The van der Waals surface area contributed by atoms with Crippen LogP contribution in [0.3, 0.4) is 0 Å². The van der Waals surface area contributed by atoms with Gasteiger partial charge in [0.05, 0.1) is 12.6 Å². The van der Waals surface area contributed by atoms with Crippen LogP contribution in [-0.4, -0.2) is 49.7 Å². The van der Waals surface area contributed by atoms with Crippen molar-refractivity contribution in [2.75, 3.05) is 26.7 Å². The first kappa shape index (κ1) is 19.9. The number of nitrogens with one attached hydrogen (secondary N) is 1. The molecule has 0 saturated carbocycles. The molecule has 1 heterocycles. The number of ether oxygens (including phenoxy) is 1. The van der Waals surface area contributed by atoms with E-state index < -0.39 is 0 Å². The van der Waals surface area contributed by atoms with Crippen molar-refractivity contribution in [2.45, 2.75) is 38.5 Å². The van der Waals surface area contributed by atoms with Crippen molar-refractivity contribution in [1.29, 1.82) is 0 Å². The maximum atomic E-state index is 12.1. The van der Waals surface area contributed by atoms with E-state index in [1.54, 1.807) is 7.11 Å². The second-order valence-electron chi connectivity index (χ2n) is 6.00. The maximum absolute atomic E-state index is 12.1. The van der Waals surface area contributed by atoms with Crippen LogP contribution in [0.1, 0.15) is 24.0 Å². The van der Waals surface area contributed by atoms with Crippen molar-refractivity contribution in [3.63, 3.8) is 0 Å². The summed E-state index contributed by atoms with van der Waals surface area (Å²) in [4.78, 5) is 14.3. The van der Waals surface area contributed by atoms with Gasteiger partial charge in [0.15, 0.2) is 0 Å². The zero-order valence-electron chi connectivity index (χ0n) is 14.0. The van der Waals surface area contributed by atoms with Gasteiger partial charge in [0.2, 0.25) is 5.91 Å². The molecule has 0 aromatic heterocycles. The van der Waals surface area contributed by atoms with Crippen LogP contribution in [0.5, 0.6) is 0 Å². The van der Waals surface area contributed by atoms with Crippen LogP contribution >= 0.6 is 12.4 Å². The molecule has 0 radical (unpaired) electrons. The predicted octanol–water partition coefficient (Wildman–Crippen LogP) is 1.47. The number of nitrogens with zero attached hydrogens (tertiary/aromatic N) is 1. The largest absolute Gasteiger partial charge is 0.381 e. The van der Waals surface area contributed by atoms with E-state index >= 15 is 0 Å². The van der Waals surface area contributed by atoms with Gasteiger partial charge in [0.25, 0.3) is 0 Å². The van der Waals surface area contributed by atoms with Crippen LogP contribution in [0.4, 0.5) is 0 Å². The molecule has 1 fully saturated rings. The monoisotopic (exact) mass is 341 g/mol. The van der Waals surface area contributed by atoms with Crippen LogP contribution in [0, 0.1) is 6.92 Å². The Morgan fingerprint density at radius 2 is 2.09 bits per heavy atom. The van der Waals surface area contributed by atoms with Gasteiger partial charge in [0.1, 0.15) is 0 Å². The SMILES string of the molecule is COC1CCN(CC(=O)NCc2ccc(C)cc2)C(CN)C1.Cl. The summed E-state index contributed by atoms with van der Waals surface area (Å²) >= 11 is 0. The van der Waals surface area contributed by atoms with Gasteiger partial charge in [-0.15, -0.1) is 12.4 Å². The average molecular weight is 342 g/mol. The molecule has 1 amide bonds. The van der Waals surface area contributed by atoms with Gasteiger partial charge in [-0.1, -0.05) is 29.8 Å². The Hall–Kier alpha value is -1.14. The Kier molecular flexibility index (Phi) is 8.55. The minimum atomic E-state index is 0. The molecule has 1 aromatic carbocycles. The van der Waals surface area contributed by atoms with E-state index in [0.29, 0.717) is 19.6 Å². The molecule has 0 spiro atoms. The number of hydrogen-bond acceptors (Lipinski definition) is 4. The van der Waals surface area contributed by atoms with Crippen molar-refractivity contribution in [3.05, 3.63) is 35.4 Å². The summed E-state index contributed by atoms with van der Waals surface area (Å²) in [5, 5.41) is 2.98. The molecule has 130 valence electrons. The van der Waals surface area contributed by atoms with Gasteiger partial charge in [0, 0.05) is 32.8 Å². The molecule has 2 atom stereocenters. The number of methoxy groups -OCH3 is 1. The summed E-state index contributed by atoms with van der Waals surface area (Å²) in [6.07, 6.45) is 2.12. The number of carbonyl (C=O) groups is 1. The number of piperidine rings is 1. The molecule has 0 bridgehead atoms. The second-order valence-corrected chi connectivity index (χ2v) is 6.00. The van der Waals surface area contributed by atoms with Gasteiger partial charge in [-0.25, -0.2) is 0 Å². The van der Waals surface area contributed by atoms with Gasteiger partial charge < -0.3 is 15.8 Å². The third-order valence-electron chi connectivity index (χ3n) is 4.35. The molecule has 5 nitrogen and oxygen atoms in total. The van der Waals surface area contributed by atoms with E-state index in [0.717, 1.165) is 24.9 Å². The van der Waals surface area contributed by atoms with E-state index in [1.165, 1.54) is 5.56 Å². The maximum Gasteiger partial charge on any atom is 0.234 e. The lowest BCUT2D eigenvalue weighted by molar-refractivity contribution is -0.124. The number of benzene rings is 1. The van der Waals surface area contributed by atoms with E-state index in [1.807, 2.05) is 12.1 Å². The van der Waals surface area contributed by atoms with E-state index in [2.05, 4.69) is 29.3 Å². The predicted molar refractivity (Wildman–Crippen MR) is 94.7 cm³/mol. The standard InChI is InChI=1S/C17H27N3O2.ClH/c1-13-3-5-14(6-4-13)11-19-17(21)12-20-8-7-16(22-2)9-15(20)10-18;/h3-6,15-16H,7-12,18H2,1-2H3,(H,19,21);1H. The fraction of sp³-hybridized carbons (Fsp3) is 0.588. The Labute approximate surface area is 145 Å². The lowest BCUT2D eigenvalue weighted by Crippen LogP contribution is -2.51. The second kappa shape index (κ2) is 9.88. The van der Waals surface area contributed by atoms with Crippen molar-refractivity contribution >= 4 is 18.3 Å². The Morgan fingerprint density at radius 3 is 2.70 bits per heavy atom. The summed E-state index contributed by atoms with van der Waals surface area (Å²) in [6, 6.07) is 8.43. The number of halogens is 1. The highest BCUT2D eigenvalue weighted by molar-refractivity contribution is 5.85. The summed E-state index contributed by atoms with van der Waals surface area (Å²) in [5.41, 5.74) is 8.18. The molecule has 1 aliphatic heterocycles. The Balaban J connectivity index is 0.00000264. The Morgan fingerprint density at radius 1 is 1.39 bits per heavy atom. The third kappa shape index (κ3) is 6.11. The van der Waals surface area contributed by atoms with E-state index in [9.17, 15) is 4.79 Å². The highest BCUT2D eigenvalue weighted by atomic mass is 35.5. The minimum Gasteiger partial charge on any atom is -0.381 e. The van der Waals surface area contributed by atoms with E-state index in [4.69, 9.17) is 10.5 Å². The number of carbonyl (C=O) groups excluding carboxylic acids is 1. The smallest absolute Gasteiger partial charge is 0.234 e. The molecule has 1 aromatic rings. The van der Waals surface area contributed by atoms with Crippen LogP contribution < -0.4 is 11.1 Å².